The van der Waals surface area contributed by atoms with E-state index in [1.807, 2.05) is 11.9 Å². The lowest BCUT2D eigenvalue weighted by Crippen LogP contribution is -2.43. The summed E-state index contributed by atoms with van der Waals surface area (Å²) in [6.45, 7) is 0.389. The number of ether oxygens (including phenoxy) is 1. The van der Waals surface area contributed by atoms with E-state index in [4.69, 9.17) is 4.74 Å². The average Bonchev–Trinajstić information content (AvgIpc) is 2.32. The lowest BCUT2D eigenvalue weighted by molar-refractivity contribution is -0.121. The van der Waals surface area contributed by atoms with Gasteiger partial charge in [-0.05, 0) is 12.1 Å². The Hall–Kier alpha value is -1.78. The van der Waals surface area contributed by atoms with E-state index in [9.17, 15) is 9.18 Å². The van der Waals surface area contributed by atoms with Crippen LogP contribution in [0.4, 0.5) is 10.1 Å². The van der Waals surface area contributed by atoms with Crippen molar-refractivity contribution in [2.24, 2.45) is 0 Å². The molecule has 1 aromatic rings. The minimum atomic E-state index is -0.318. The number of amides is 1. The third-order valence-electron chi connectivity index (χ3n) is 2.98. The highest BCUT2D eigenvalue weighted by Crippen LogP contribution is 2.33. The monoisotopic (exact) mass is 238 g/mol. The fourth-order valence-corrected chi connectivity index (χ4v) is 1.90. The molecule has 5 heteroatoms. The molecule has 1 atom stereocenters. The molecule has 0 unspecified atom stereocenters. The van der Waals surface area contributed by atoms with E-state index in [0.717, 1.165) is 5.69 Å². The molecule has 0 saturated carbocycles. The number of anilines is 1. The van der Waals surface area contributed by atoms with Crippen molar-refractivity contribution < 1.29 is 13.9 Å². The second kappa shape index (κ2) is 4.61. The average molecular weight is 238 g/mol. The number of hydrogen-bond donors (Lipinski definition) is 1. The lowest BCUT2D eigenvalue weighted by Gasteiger charge is -2.35. The van der Waals surface area contributed by atoms with E-state index < -0.39 is 0 Å². The SMILES string of the molecule is CNC(=O)C[C@@H]1COc2cc(F)ccc2N1C. The molecule has 0 aromatic heterocycles. The second-order valence-corrected chi connectivity index (χ2v) is 4.07. The van der Waals surface area contributed by atoms with Gasteiger partial charge in [-0.15, -0.1) is 0 Å². The molecule has 1 N–H and O–H groups in total. The molecule has 1 amide bonds. The van der Waals surface area contributed by atoms with Crippen molar-refractivity contribution >= 4 is 11.6 Å². The van der Waals surface area contributed by atoms with Crippen molar-refractivity contribution in [1.29, 1.82) is 0 Å². The predicted octanol–water partition coefficient (Wildman–Crippen LogP) is 1.16. The van der Waals surface area contributed by atoms with E-state index in [0.29, 0.717) is 18.8 Å². The van der Waals surface area contributed by atoms with E-state index in [1.54, 1.807) is 13.1 Å². The number of rotatable bonds is 2. The molecule has 4 nitrogen and oxygen atoms in total. The summed E-state index contributed by atoms with van der Waals surface area (Å²) in [7, 11) is 3.49. The summed E-state index contributed by atoms with van der Waals surface area (Å²) in [6.07, 6.45) is 0.365. The van der Waals surface area contributed by atoms with Gasteiger partial charge in [-0.2, -0.15) is 0 Å². The van der Waals surface area contributed by atoms with Gasteiger partial charge in [0.2, 0.25) is 5.91 Å². The molecule has 1 aliphatic rings. The summed E-state index contributed by atoms with van der Waals surface area (Å²) < 4.78 is 18.5. The minimum Gasteiger partial charge on any atom is -0.489 e. The zero-order valence-electron chi connectivity index (χ0n) is 9.87. The third kappa shape index (κ3) is 2.33. The van der Waals surface area contributed by atoms with Crippen LogP contribution in [0, 0.1) is 5.82 Å². The van der Waals surface area contributed by atoms with Gasteiger partial charge in [0.1, 0.15) is 18.2 Å². The van der Waals surface area contributed by atoms with Gasteiger partial charge in [-0.3, -0.25) is 4.79 Å². The molecular formula is C12H15FN2O2. The fourth-order valence-electron chi connectivity index (χ4n) is 1.90. The summed E-state index contributed by atoms with van der Waals surface area (Å²) in [6, 6.07) is 4.40. The van der Waals surface area contributed by atoms with Crippen molar-refractivity contribution in [1.82, 2.24) is 5.32 Å². The Morgan fingerprint density at radius 1 is 1.65 bits per heavy atom. The Balaban J connectivity index is 2.18. The van der Waals surface area contributed by atoms with E-state index in [-0.39, 0.29) is 17.8 Å². The molecule has 0 radical (unpaired) electrons. The fraction of sp³-hybridized carbons (Fsp3) is 0.417. The number of halogens is 1. The Morgan fingerprint density at radius 3 is 3.12 bits per heavy atom. The van der Waals surface area contributed by atoms with Crippen LogP contribution in [-0.4, -0.2) is 32.7 Å². The van der Waals surface area contributed by atoms with Gasteiger partial charge in [0.15, 0.2) is 0 Å². The summed E-state index contributed by atoms with van der Waals surface area (Å²) in [5.41, 5.74) is 0.812. The van der Waals surface area contributed by atoms with Gasteiger partial charge in [0.25, 0.3) is 0 Å². The van der Waals surface area contributed by atoms with Crippen LogP contribution in [0.1, 0.15) is 6.42 Å². The number of benzene rings is 1. The van der Waals surface area contributed by atoms with Crippen LogP contribution in [0.5, 0.6) is 5.75 Å². The van der Waals surface area contributed by atoms with Crippen molar-refractivity contribution in [3.8, 4) is 5.75 Å². The Morgan fingerprint density at radius 2 is 2.41 bits per heavy atom. The number of carbonyl (C=O) groups excluding carboxylic acids is 1. The number of likely N-dealkylation sites (N-methyl/N-ethyl adjacent to an activating group) is 1. The Kier molecular flexibility index (Phi) is 3.17. The first-order chi connectivity index (χ1) is 8.11. The number of fused-ring (bicyclic) bond motifs is 1. The number of hydrogen-bond acceptors (Lipinski definition) is 3. The third-order valence-corrected chi connectivity index (χ3v) is 2.98. The highest BCUT2D eigenvalue weighted by Gasteiger charge is 2.26. The maximum Gasteiger partial charge on any atom is 0.221 e. The Labute approximate surface area is 99.4 Å². The van der Waals surface area contributed by atoms with Gasteiger partial charge < -0.3 is 15.0 Å². The van der Waals surface area contributed by atoms with Gasteiger partial charge in [0.05, 0.1) is 18.2 Å². The van der Waals surface area contributed by atoms with Crippen LogP contribution in [0.2, 0.25) is 0 Å². The molecule has 0 saturated heterocycles. The van der Waals surface area contributed by atoms with Crippen LogP contribution in [0.25, 0.3) is 0 Å². The molecule has 0 aliphatic carbocycles. The highest BCUT2D eigenvalue weighted by molar-refractivity contribution is 5.77. The molecule has 0 spiro atoms. The first kappa shape index (κ1) is 11.7. The topological polar surface area (TPSA) is 41.6 Å². The summed E-state index contributed by atoms with van der Waals surface area (Å²) >= 11 is 0. The first-order valence-electron chi connectivity index (χ1n) is 5.47. The lowest BCUT2D eigenvalue weighted by atomic mass is 10.1. The van der Waals surface area contributed by atoms with Gasteiger partial charge in [-0.25, -0.2) is 4.39 Å². The molecule has 0 fully saturated rings. The quantitative estimate of drug-likeness (QED) is 0.840. The van der Waals surface area contributed by atoms with E-state index in [1.165, 1.54) is 12.1 Å². The number of nitrogens with zero attached hydrogens (tertiary/aromatic N) is 1. The summed E-state index contributed by atoms with van der Waals surface area (Å²) in [4.78, 5) is 13.3. The molecule has 1 aromatic carbocycles. The molecular weight excluding hydrogens is 223 g/mol. The molecule has 17 heavy (non-hydrogen) atoms. The van der Waals surface area contributed by atoms with Crippen molar-refractivity contribution in [3.05, 3.63) is 24.0 Å². The first-order valence-corrected chi connectivity index (χ1v) is 5.47. The van der Waals surface area contributed by atoms with Crippen LogP contribution >= 0.6 is 0 Å². The number of carbonyl (C=O) groups is 1. The van der Waals surface area contributed by atoms with Crippen LogP contribution < -0.4 is 15.0 Å². The van der Waals surface area contributed by atoms with Gasteiger partial charge in [-0.1, -0.05) is 0 Å². The normalized spacial score (nSPS) is 18.3. The van der Waals surface area contributed by atoms with Crippen LogP contribution in [-0.2, 0) is 4.79 Å². The maximum absolute atomic E-state index is 13.0. The molecule has 1 heterocycles. The van der Waals surface area contributed by atoms with Crippen molar-refractivity contribution in [2.75, 3.05) is 25.6 Å². The zero-order chi connectivity index (χ0) is 12.4. The molecule has 1 aliphatic heterocycles. The minimum absolute atomic E-state index is 0.0205. The van der Waals surface area contributed by atoms with Crippen LogP contribution in [0.3, 0.4) is 0 Å². The van der Waals surface area contributed by atoms with Gasteiger partial charge >= 0.3 is 0 Å². The highest BCUT2D eigenvalue weighted by atomic mass is 19.1. The largest absolute Gasteiger partial charge is 0.489 e. The maximum atomic E-state index is 13.0. The Bertz CT molecular complexity index is 437. The van der Waals surface area contributed by atoms with E-state index in [2.05, 4.69) is 5.32 Å². The second-order valence-electron chi connectivity index (χ2n) is 4.07. The molecule has 0 bridgehead atoms. The van der Waals surface area contributed by atoms with E-state index >= 15 is 0 Å². The van der Waals surface area contributed by atoms with Gasteiger partial charge in [0, 0.05) is 20.2 Å². The summed E-state index contributed by atoms with van der Waals surface area (Å²) in [5.74, 6) is 0.179. The molecule has 92 valence electrons. The zero-order valence-corrected chi connectivity index (χ0v) is 9.87. The predicted molar refractivity (Wildman–Crippen MR) is 62.8 cm³/mol. The molecule has 2 rings (SSSR count). The smallest absolute Gasteiger partial charge is 0.221 e. The van der Waals surface area contributed by atoms with Crippen molar-refractivity contribution in [3.63, 3.8) is 0 Å². The van der Waals surface area contributed by atoms with Crippen LogP contribution in [0.15, 0.2) is 18.2 Å². The van der Waals surface area contributed by atoms with Crippen molar-refractivity contribution in [2.45, 2.75) is 12.5 Å². The standard InChI is InChI=1S/C12H15FN2O2/c1-14-12(16)6-9-7-17-11-5-8(13)3-4-10(11)15(9)2/h3-5,9H,6-7H2,1-2H3,(H,14,16)/t9-/m1/s1. The number of nitrogens with one attached hydrogen (secondary N) is 1. The summed E-state index contributed by atoms with van der Waals surface area (Å²) in [5, 5.41) is 2.58.